The molecule has 0 spiro atoms. The van der Waals surface area contributed by atoms with Crippen molar-refractivity contribution in [3.05, 3.63) is 75.1 Å². The minimum atomic E-state index is -0.733. The Morgan fingerprint density at radius 1 is 1.04 bits per heavy atom. The van der Waals surface area contributed by atoms with Crippen molar-refractivity contribution < 1.29 is 14.6 Å². The zero-order chi connectivity index (χ0) is 17.1. The van der Waals surface area contributed by atoms with Gasteiger partial charge in [-0.3, -0.25) is 20.2 Å². The summed E-state index contributed by atoms with van der Waals surface area (Å²) in [4.78, 5) is 20.4. The number of nitro groups is 2. The summed E-state index contributed by atoms with van der Waals surface area (Å²) >= 11 is 0. The molecule has 2 aromatic carbocycles. The maximum atomic E-state index is 11.1. The van der Waals surface area contributed by atoms with Crippen LogP contribution in [0.4, 0.5) is 11.4 Å². The van der Waals surface area contributed by atoms with Crippen molar-refractivity contribution in [3.63, 3.8) is 0 Å². The van der Waals surface area contributed by atoms with Crippen LogP contribution >= 0.6 is 0 Å². The molecule has 24 heavy (non-hydrogen) atoms. The van der Waals surface area contributed by atoms with E-state index in [0.717, 1.165) is 12.1 Å². The van der Waals surface area contributed by atoms with Gasteiger partial charge in [0.25, 0.3) is 5.69 Å². The molecule has 1 heterocycles. The van der Waals surface area contributed by atoms with Gasteiger partial charge in [-0.15, -0.1) is 5.10 Å². The molecule has 3 rings (SSSR count). The fourth-order valence-electron chi connectivity index (χ4n) is 2.01. The van der Waals surface area contributed by atoms with E-state index in [-0.39, 0.29) is 11.4 Å². The zero-order valence-corrected chi connectivity index (χ0v) is 12.0. The van der Waals surface area contributed by atoms with E-state index in [2.05, 4.69) is 10.3 Å². The second-order valence-electron chi connectivity index (χ2n) is 4.61. The third kappa shape index (κ3) is 3.02. The normalized spacial score (nSPS) is 10.3. The number of ether oxygens (including phenoxy) is 1. The van der Waals surface area contributed by atoms with Crippen molar-refractivity contribution in [1.82, 2.24) is 15.0 Å². The van der Waals surface area contributed by atoms with Crippen molar-refractivity contribution in [2.45, 2.75) is 0 Å². The number of rotatable bonds is 5. The number of hydrogen-bond acceptors (Lipinski definition) is 7. The molecule has 0 aliphatic rings. The van der Waals surface area contributed by atoms with Crippen LogP contribution in [0.2, 0.25) is 0 Å². The molecule has 0 atom stereocenters. The molecule has 1 aromatic heterocycles. The highest BCUT2D eigenvalue weighted by Gasteiger charge is 2.21. The first-order chi connectivity index (χ1) is 11.5. The van der Waals surface area contributed by atoms with Gasteiger partial charge in [-0.05, 0) is 18.2 Å². The van der Waals surface area contributed by atoms with E-state index in [4.69, 9.17) is 4.74 Å². The van der Waals surface area contributed by atoms with Crippen molar-refractivity contribution >= 4 is 11.4 Å². The smallest absolute Gasteiger partial charge is 0.318 e. The number of nitrogens with zero attached hydrogens (tertiary/aromatic N) is 5. The zero-order valence-electron chi connectivity index (χ0n) is 12.0. The summed E-state index contributed by atoms with van der Waals surface area (Å²) in [5.74, 6) is 0.223. The Balaban J connectivity index is 1.95. The highest BCUT2D eigenvalue weighted by Crippen LogP contribution is 2.34. The Hall–Kier alpha value is -3.82. The molecular formula is C14H9N5O5. The molecule has 10 nitrogen and oxygen atoms in total. The quantitative estimate of drug-likeness (QED) is 0.520. The molecule has 10 heteroatoms. The summed E-state index contributed by atoms with van der Waals surface area (Å²) < 4.78 is 7.02. The van der Waals surface area contributed by atoms with Gasteiger partial charge in [0.15, 0.2) is 0 Å². The third-order valence-electron chi connectivity index (χ3n) is 3.08. The maximum Gasteiger partial charge on any atom is 0.318 e. The van der Waals surface area contributed by atoms with Crippen molar-refractivity contribution in [2.75, 3.05) is 0 Å². The monoisotopic (exact) mass is 327 g/mol. The summed E-state index contributed by atoms with van der Waals surface area (Å²) in [7, 11) is 0. The van der Waals surface area contributed by atoms with E-state index in [1.165, 1.54) is 16.9 Å². The second-order valence-corrected chi connectivity index (χ2v) is 4.61. The average Bonchev–Trinajstić information content (AvgIpc) is 3.09. The fraction of sp³-hybridized carbons (Fsp3) is 0. The van der Waals surface area contributed by atoms with Crippen LogP contribution in [-0.4, -0.2) is 24.8 Å². The molecule has 0 aliphatic carbocycles. The molecule has 120 valence electrons. The summed E-state index contributed by atoms with van der Waals surface area (Å²) in [6, 6.07) is 9.85. The van der Waals surface area contributed by atoms with Crippen LogP contribution in [0.25, 0.3) is 5.69 Å². The van der Waals surface area contributed by atoms with Crippen LogP contribution in [0, 0.1) is 20.2 Å². The van der Waals surface area contributed by atoms with Crippen molar-refractivity contribution in [2.24, 2.45) is 0 Å². The molecule has 0 bridgehead atoms. The highest BCUT2D eigenvalue weighted by atomic mass is 16.6. The molecule has 0 saturated carbocycles. The van der Waals surface area contributed by atoms with Gasteiger partial charge >= 0.3 is 5.69 Å². The minimum Gasteiger partial charge on any atom is -0.450 e. The lowest BCUT2D eigenvalue weighted by atomic mass is 10.2. The fourth-order valence-corrected chi connectivity index (χ4v) is 2.01. The number of aromatic nitrogens is 3. The Kier molecular flexibility index (Phi) is 3.85. The SMILES string of the molecule is O=[N+]([O-])c1ccc(Oc2cccc(-n3ccnn3)c2)c([N+](=O)[O-])c1. The summed E-state index contributed by atoms with van der Waals surface area (Å²) in [6.45, 7) is 0. The summed E-state index contributed by atoms with van der Waals surface area (Å²) in [6.07, 6.45) is 3.14. The predicted molar refractivity (Wildman–Crippen MR) is 81.2 cm³/mol. The van der Waals surface area contributed by atoms with Crippen molar-refractivity contribution in [1.29, 1.82) is 0 Å². The Morgan fingerprint density at radius 3 is 2.54 bits per heavy atom. The number of benzene rings is 2. The van der Waals surface area contributed by atoms with Gasteiger partial charge in [0.05, 0.1) is 34.0 Å². The third-order valence-corrected chi connectivity index (χ3v) is 3.08. The van der Waals surface area contributed by atoms with Crippen LogP contribution in [0.15, 0.2) is 54.9 Å². The molecule has 0 aliphatic heterocycles. The molecule has 0 N–H and O–H groups in total. The van der Waals surface area contributed by atoms with E-state index in [9.17, 15) is 20.2 Å². The molecule has 0 radical (unpaired) electrons. The van der Waals surface area contributed by atoms with E-state index in [1.807, 2.05) is 0 Å². The van der Waals surface area contributed by atoms with Gasteiger partial charge in [-0.25, -0.2) is 4.68 Å². The molecule has 3 aromatic rings. The first-order valence-electron chi connectivity index (χ1n) is 6.62. The number of non-ortho nitro benzene ring substituents is 1. The second kappa shape index (κ2) is 6.12. The van der Waals surface area contributed by atoms with Crippen LogP contribution in [-0.2, 0) is 0 Å². The van der Waals surface area contributed by atoms with Crippen molar-refractivity contribution in [3.8, 4) is 17.2 Å². The van der Waals surface area contributed by atoms with Gasteiger partial charge in [0.1, 0.15) is 5.75 Å². The Morgan fingerprint density at radius 2 is 1.88 bits per heavy atom. The first kappa shape index (κ1) is 15.1. The van der Waals surface area contributed by atoms with Crippen LogP contribution in [0.1, 0.15) is 0 Å². The maximum absolute atomic E-state index is 11.1. The highest BCUT2D eigenvalue weighted by molar-refractivity contribution is 5.55. The molecular weight excluding hydrogens is 318 g/mol. The van der Waals surface area contributed by atoms with Gasteiger partial charge in [0, 0.05) is 12.1 Å². The van der Waals surface area contributed by atoms with Crippen LogP contribution in [0.3, 0.4) is 0 Å². The van der Waals surface area contributed by atoms with E-state index >= 15 is 0 Å². The lowest BCUT2D eigenvalue weighted by Crippen LogP contribution is -1.98. The average molecular weight is 327 g/mol. The van der Waals surface area contributed by atoms with Crippen LogP contribution < -0.4 is 4.74 Å². The Labute approximate surface area is 134 Å². The van der Waals surface area contributed by atoms with Crippen LogP contribution in [0.5, 0.6) is 11.5 Å². The van der Waals surface area contributed by atoms with Gasteiger partial charge in [-0.2, -0.15) is 0 Å². The first-order valence-corrected chi connectivity index (χ1v) is 6.62. The molecule has 0 amide bonds. The summed E-state index contributed by atoms with van der Waals surface area (Å²) in [5.41, 5.74) is -0.227. The predicted octanol–water partition coefficient (Wildman–Crippen LogP) is 2.88. The standard InChI is InChI=1S/C14H9N5O5/c20-18(21)11-4-5-14(13(9-11)19(22)23)24-12-3-1-2-10(8-12)17-7-6-15-16-17/h1-9H. The Bertz CT molecular complexity index is 910. The molecule has 0 saturated heterocycles. The van der Waals surface area contributed by atoms with E-state index in [1.54, 1.807) is 30.5 Å². The van der Waals surface area contributed by atoms with Gasteiger partial charge in [-0.1, -0.05) is 11.3 Å². The largest absolute Gasteiger partial charge is 0.450 e. The minimum absolute atomic E-state index is 0.0960. The molecule has 0 fully saturated rings. The lowest BCUT2D eigenvalue weighted by molar-refractivity contribution is -0.394. The number of nitro benzene ring substituents is 2. The lowest BCUT2D eigenvalue weighted by Gasteiger charge is -2.08. The molecule has 0 unspecified atom stereocenters. The van der Waals surface area contributed by atoms with Gasteiger partial charge < -0.3 is 4.74 Å². The van der Waals surface area contributed by atoms with E-state index in [0.29, 0.717) is 11.4 Å². The number of hydrogen-bond donors (Lipinski definition) is 0. The summed E-state index contributed by atoms with van der Waals surface area (Å²) in [5, 5.41) is 29.4. The van der Waals surface area contributed by atoms with Gasteiger partial charge in [0.2, 0.25) is 5.75 Å². The van der Waals surface area contributed by atoms with E-state index < -0.39 is 15.5 Å². The topological polar surface area (TPSA) is 126 Å².